The van der Waals surface area contributed by atoms with E-state index in [1.807, 2.05) is 97.1 Å². The third-order valence-electron chi connectivity index (χ3n) is 10.4. The summed E-state index contributed by atoms with van der Waals surface area (Å²) in [5, 5.41) is 11.7. The van der Waals surface area contributed by atoms with E-state index in [0.29, 0.717) is 23.0 Å². The number of hydrogen-bond acceptors (Lipinski definition) is 5. The summed E-state index contributed by atoms with van der Waals surface area (Å²) in [5.41, 5.74) is 13.6. The molecule has 2 aromatic heterocycles. The van der Waals surface area contributed by atoms with Gasteiger partial charge in [0, 0.05) is 27.5 Å². The highest BCUT2D eigenvalue weighted by molar-refractivity contribution is 6.13. The number of nitrogens with zero attached hydrogens (tertiary/aromatic N) is 4. The molecule has 10 aromatic rings. The largest absolute Gasteiger partial charge is 0.456 e. The fourth-order valence-corrected chi connectivity index (χ4v) is 7.54. The second-order valence-electron chi connectivity index (χ2n) is 13.9. The lowest BCUT2D eigenvalue weighted by atomic mass is 9.95. The van der Waals surface area contributed by atoms with Crippen LogP contribution in [0, 0.1) is 11.3 Å². The highest BCUT2D eigenvalue weighted by atomic mass is 16.3. The molecule has 0 bridgehead atoms. The molecule has 2 heterocycles. The molecule has 8 aromatic carbocycles. The Balaban J connectivity index is 1.03. The molecule has 266 valence electrons. The molecule has 0 aliphatic rings. The van der Waals surface area contributed by atoms with Gasteiger partial charge in [-0.1, -0.05) is 164 Å². The van der Waals surface area contributed by atoms with Gasteiger partial charge in [-0.3, -0.25) is 0 Å². The van der Waals surface area contributed by atoms with Crippen LogP contribution in [0.5, 0.6) is 0 Å². The Morgan fingerprint density at radius 3 is 1.56 bits per heavy atom. The quantitative estimate of drug-likeness (QED) is 0.163. The first-order chi connectivity index (χ1) is 28.2. The highest BCUT2D eigenvalue weighted by Crippen LogP contribution is 2.39. The van der Waals surface area contributed by atoms with Gasteiger partial charge in [0.2, 0.25) is 0 Å². The first-order valence-electron chi connectivity index (χ1n) is 18.8. The zero-order chi connectivity index (χ0) is 38.1. The van der Waals surface area contributed by atoms with Crippen LogP contribution in [0.25, 0.3) is 101 Å². The highest BCUT2D eigenvalue weighted by Gasteiger charge is 2.17. The maximum absolute atomic E-state index is 9.66. The van der Waals surface area contributed by atoms with Crippen LogP contribution in [0.4, 0.5) is 0 Å². The lowest BCUT2D eigenvalue weighted by Crippen LogP contribution is -2.00. The van der Waals surface area contributed by atoms with Crippen LogP contribution >= 0.6 is 0 Å². The summed E-state index contributed by atoms with van der Waals surface area (Å²) in [5.74, 6) is 1.68. The molecule has 0 fully saturated rings. The van der Waals surface area contributed by atoms with Crippen LogP contribution in [0.15, 0.2) is 199 Å². The minimum absolute atomic E-state index is 0.548. The predicted octanol–water partition coefficient (Wildman–Crippen LogP) is 13.3. The average molecular weight is 729 g/mol. The third kappa shape index (κ3) is 6.42. The van der Waals surface area contributed by atoms with Crippen molar-refractivity contribution in [1.82, 2.24) is 15.0 Å². The van der Waals surface area contributed by atoms with Gasteiger partial charge >= 0.3 is 0 Å². The van der Waals surface area contributed by atoms with Gasteiger partial charge in [-0.2, -0.15) is 5.26 Å². The van der Waals surface area contributed by atoms with Crippen molar-refractivity contribution in [2.24, 2.45) is 0 Å². The van der Waals surface area contributed by atoms with Gasteiger partial charge in [0.15, 0.2) is 17.5 Å². The summed E-state index contributed by atoms with van der Waals surface area (Å²) in [6, 6.07) is 68.2. The Labute approximate surface area is 329 Å². The van der Waals surface area contributed by atoms with E-state index < -0.39 is 0 Å². The molecule has 0 N–H and O–H groups in total. The van der Waals surface area contributed by atoms with Crippen LogP contribution in [0.1, 0.15) is 5.56 Å². The maximum Gasteiger partial charge on any atom is 0.164 e. The fourth-order valence-electron chi connectivity index (χ4n) is 7.54. The van der Waals surface area contributed by atoms with Crippen molar-refractivity contribution in [2.75, 3.05) is 0 Å². The molecule has 0 radical (unpaired) electrons. The van der Waals surface area contributed by atoms with Gasteiger partial charge in [0.1, 0.15) is 11.2 Å². The lowest BCUT2D eigenvalue weighted by Gasteiger charge is -2.10. The Kier molecular flexibility index (Phi) is 8.48. The molecular weight excluding hydrogens is 697 g/mol. The van der Waals surface area contributed by atoms with Crippen LogP contribution in [0.3, 0.4) is 0 Å². The summed E-state index contributed by atoms with van der Waals surface area (Å²) < 4.78 is 6.56. The molecule has 5 nitrogen and oxygen atoms in total. The molecular formula is C52H32N4O. The van der Waals surface area contributed by atoms with Crippen molar-refractivity contribution in [2.45, 2.75) is 0 Å². The topological polar surface area (TPSA) is 75.6 Å². The number of benzene rings is 8. The molecule has 0 amide bonds. The molecule has 0 atom stereocenters. The number of aromatic nitrogens is 3. The molecule has 0 spiro atoms. The third-order valence-corrected chi connectivity index (χ3v) is 10.4. The minimum atomic E-state index is 0.548. The van der Waals surface area contributed by atoms with Crippen LogP contribution in [-0.4, -0.2) is 15.0 Å². The second kappa shape index (κ2) is 14.4. The van der Waals surface area contributed by atoms with E-state index in [9.17, 15) is 5.26 Å². The molecule has 0 aliphatic heterocycles. The van der Waals surface area contributed by atoms with Crippen LogP contribution in [0.2, 0.25) is 0 Å². The van der Waals surface area contributed by atoms with Gasteiger partial charge in [-0.05, 0) is 74.8 Å². The van der Waals surface area contributed by atoms with E-state index in [1.165, 1.54) is 11.1 Å². The summed E-state index contributed by atoms with van der Waals surface area (Å²) in [6.45, 7) is 0. The minimum Gasteiger partial charge on any atom is -0.456 e. The van der Waals surface area contributed by atoms with E-state index in [0.717, 1.165) is 72.0 Å². The van der Waals surface area contributed by atoms with E-state index in [2.05, 4.69) is 103 Å². The monoisotopic (exact) mass is 728 g/mol. The van der Waals surface area contributed by atoms with Crippen molar-refractivity contribution >= 4 is 21.9 Å². The first kappa shape index (κ1) is 33.6. The van der Waals surface area contributed by atoms with Crippen molar-refractivity contribution in [3.8, 4) is 84.7 Å². The van der Waals surface area contributed by atoms with Gasteiger partial charge in [0.25, 0.3) is 0 Å². The summed E-state index contributed by atoms with van der Waals surface area (Å²) in [7, 11) is 0. The molecule has 5 heteroatoms. The predicted molar refractivity (Wildman–Crippen MR) is 230 cm³/mol. The van der Waals surface area contributed by atoms with E-state index in [1.54, 1.807) is 0 Å². The summed E-state index contributed by atoms with van der Waals surface area (Å²) in [6.07, 6.45) is 0. The van der Waals surface area contributed by atoms with Gasteiger partial charge < -0.3 is 4.42 Å². The Morgan fingerprint density at radius 1 is 0.351 bits per heavy atom. The van der Waals surface area contributed by atoms with Gasteiger partial charge in [-0.25, -0.2) is 15.0 Å². The van der Waals surface area contributed by atoms with Crippen molar-refractivity contribution in [3.63, 3.8) is 0 Å². The Hall–Kier alpha value is -7.94. The normalized spacial score (nSPS) is 11.1. The van der Waals surface area contributed by atoms with Crippen LogP contribution < -0.4 is 0 Å². The number of fused-ring (bicyclic) bond motifs is 3. The van der Waals surface area contributed by atoms with E-state index in [-0.39, 0.29) is 0 Å². The van der Waals surface area contributed by atoms with Crippen LogP contribution in [-0.2, 0) is 0 Å². The molecule has 0 saturated heterocycles. The molecule has 57 heavy (non-hydrogen) atoms. The lowest BCUT2D eigenvalue weighted by molar-refractivity contribution is 0.669. The van der Waals surface area contributed by atoms with Crippen molar-refractivity contribution < 1.29 is 4.42 Å². The average Bonchev–Trinajstić information content (AvgIpc) is 3.68. The standard InChI is InChI=1S/C52H32N4O/c53-33-43-15-7-8-18-44(43)37-25-27-39(28-26-37)51-54-50(38-13-5-2-6-14-38)55-52(56-51)42-29-30-46-48(32-42)57-47-20-10-19-45(49(46)47)41-17-9-16-40(31-41)36-23-21-35(22-24-36)34-11-3-1-4-12-34/h1-32H. The summed E-state index contributed by atoms with van der Waals surface area (Å²) >= 11 is 0. The zero-order valence-electron chi connectivity index (χ0n) is 30.7. The van der Waals surface area contributed by atoms with E-state index in [4.69, 9.17) is 19.4 Å². The first-order valence-corrected chi connectivity index (χ1v) is 18.8. The smallest absolute Gasteiger partial charge is 0.164 e. The maximum atomic E-state index is 9.66. The van der Waals surface area contributed by atoms with Gasteiger partial charge in [-0.15, -0.1) is 0 Å². The fraction of sp³-hybridized carbons (Fsp3) is 0. The SMILES string of the molecule is N#Cc1ccccc1-c1ccc(-c2nc(-c3ccccc3)nc(-c3ccc4c(c3)oc3cccc(-c5cccc(-c6ccc(-c7ccccc7)cc6)c5)c34)n2)cc1. The second-order valence-corrected chi connectivity index (χ2v) is 13.9. The number of furan rings is 1. The number of hydrogen-bond donors (Lipinski definition) is 0. The molecule has 10 rings (SSSR count). The van der Waals surface area contributed by atoms with Gasteiger partial charge in [0.05, 0.1) is 11.6 Å². The molecule has 0 unspecified atom stereocenters. The number of rotatable bonds is 7. The molecule has 0 aliphatic carbocycles. The summed E-state index contributed by atoms with van der Waals surface area (Å²) in [4.78, 5) is 14.9. The zero-order valence-corrected chi connectivity index (χ0v) is 30.7. The Morgan fingerprint density at radius 2 is 0.842 bits per heavy atom. The van der Waals surface area contributed by atoms with E-state index >= 15 is 0 Å². The molecule has 0 saturated carbocycles. The number of nitriles is 1. The van der Waals surface area contributed by atoms with Crippen molar-refractivity contribution in [3.05, 3.63) is 200 Å². The van der Waals surface area contributed by atoms with Crippen molar-refractivity contribution in [1.29, 1.82) is 5.26 Å². The Bertz CT molecular complexity index is 3110.